The minimum atomic E-state index is -0.742. The topological polar surface area (TPSA) is 92.7 Å². The third kappa shape index (κ3) is 5.25. The van der Waals surface area contributed by atoms with Crippen molar-refractivity contribution in [3.63, 3.8) is 0 Å². The molecule has 4 rings (SSSR count). The fourth-order valence-corrected chi connectivity index (χ4v) is 5.28. The van der Waals surface area contributed by atoms with Gasteiger partial charge in [0.25, 0.3) is 0 Å². The average Bonchev–Trinajstić information content (AvgIpc) is 2.91. The fraction of sp³-hybridized carbons (Fsp3) is 0.414. The summed E-state index contributed by atoms with van der Waals surface area (Å²) in [5.74, 6) is 0.00128. The molecule has 1 aliphatic heterocycles. The number of ether oxygens (including phenoxy) is 5. The summed E-state index contributed by atoms with van der Waals surface area (Å²) in [5, 5.41) is 0. The summed E-state index contributed by atoms with van der Waals surface area (Å²) in [7, 11) is 6.31. The zero-order valence-corrected chi connectivity index (χ0v) is 21.9. The molecule has 0 bridgehead atoms. The molecular weight excluding hydrogens is 474 g/mol. The maximum absolute atomic E-state index is 13.8. The fourth-order valence-electron chi connectivity index (χ4n) is 5.28. The summed E-state index contributed by atoms with van der Waals surface area (Å²) < 4.78 is 27.0. The zero-order valence-electron chi connectivity index (χ0n) is 21.9. The van der Waals surface area contributed by atoms with Crippen LogP contribution in [0.1, 0.15) is 42.7 Å². The van der Waals surface area contributed by atoms with E-state index in [1.54, 1.807) is 28.4 Å². The SMILES string of the molecule is COCCOC(=O)C1C(C)=NC2=C(C(=O)C[C@H](c3ccc(OC)c(OC)c3)C2)[C@@H]1c1ccccc1OC. The molecular formula is C29H33NO7. The van der Waals surface area contributed by atoms with Crippen LogP contribution >= 0.6 is 0 Å². The molecule has 0 N–H and O–H groups in total. The molecule has 37 heavy (non-hydrogen) atoms. The minimum Gasteiger partial charge on any atom is -0.496 e. The second-order valence-corrected chi connectivity index (χ2v) is 9.11. The van der Waals surface area contributed by atoms with Gasteiger partial charge in [-0.05, 0) is 43.0 Å². The molecule has 3 atom stereocenters. The summed E-state index contributed by atoms with van der Waals surface area (Å²) in [4.78, 5) is 31.9. The van der Waals surface area contributed by atoms with Crippen LogP contribution < -0.4 is 14.2 Å². The van der Waals surface area contributed by atoms with Crippen LogP contribution in [0.25, 0.3) is 0 Å². The van der Waals surface area contributed by atoms with Gasteiger partial charge in [-0.3, -0.25) is 14.6 Å². The van der Waals surface area contributed by atoms with Crippen molar-refractivity contribution in [2.24, 2.45) is 10.9 Å². The van der Waals surface area contributed by atoms with Crippen molar-refractivity contribution in [2.45, 2.75) is 31.6 Å². The first-order valence-electron chi connectivity index (χ1n) is 12.2. The smallest absolute Gasteiger partial charge is 0.315 e. The highest BCUT2D eigenvalue weighted by atomic mass is 16.6. The molecule has 0 saturated heterocycles. The number of aliphatic imine (C=N–C) groups is 1. The molecule has 1 aliphatic carbocycles. The van der Waals surface area contributed by atoms with Gasteiger partial charge in [-0.15, -0.1) is 0 Å². The van der Waals surface area contributed by atoms with Crippen molar-refractivity contribution < 1.29 is 33.3 Å². The molecule has 0 amide bonds. The molecule has 0 radical (unpaired) electrons. The summed E-state index contributed by atoms with van der Waals surface area (Å²) in [6, 6.07) is 13.2. The summed E-state index contributed by atoms with van der Waals surface area (Å²) in [5.41, 5.74) is 3.60. The number of hydrogen-bond donors (Lipinski definition) is 0. The van der Waals surface area contributed by atoms with E-state index in [9.17, 15) is 9.59 Å². The Bertz CT molecular complexity index is 1230. The van der Waals surface area contributed by atoms with Gasteiger partial charge in [0, 0.05) is 42.0 Å². The van der Waals surface area contributed by atoms with Crippen molar-refractivity contribution in [2.75, 3.05) is 41.7 Å². The predicted octanol–water partition coefficient (Wildman–Crippen LogP) is 4.48. The van der Waals surface area contributed by atoms with E-state index in [1.807, 2.05) is 49.4 Å². The van der Waals surface area contributed by atoms with Crippen molar-refractivity contribution in [3.05, 3.63) is 64.9 Å². The maximum Gasteiger partial charge on any atom is 0.315 e. The first-order valence-corrected chi connectivity index (χ1v) is 12.2. The van der Waals surface area contributed by atoms with Gasteiger partial charge in [0.05, 0.1) is 27.9 Å². The van der Waals surface area contributed by atoms with Crippen LogP contribution in [0.3, 0.4) is 0 Å². The second-order valence-electron chi connectivity index (χ2n) is 9.11. The van der Waals surface area contributed by atoms with Gasteiger partial charge in [0.2, 0.25) is 0 Å². The number of benzene rings is 2. The summed E-state index contributed by atoms with van der Waals surface area (Å²) in [6.45, 7) is 2.23. The number of allylic oxidation sites excluding steroid dienone is 2. The van der Waals surface area contributed by atoms with Gasteiger partial charge in [-0.2, -0.15) is 0 Å². The minimum absolute atomic E-state index is 0.0390. The quantitative estimate of drug-likeness (QED) is 0.365. The van der Waals surface area contributed by atoms with E-state index in [0.29, 0.717) is 47.1 Å². The maximum atomic E-state index is 13.8. The highest BCUT2D eigenvalue weighted by Crippen LogP contribution is 2.49. The van der Waals surface area contributed by atoms with Gasteiger partial charge >= 0.3 is 5.97 Å². The number of carbonyl (C=O) groups is 2. The predicted molar refractivity (Wildman–Crippen MR) is 139 cm³/mol. The van der Waals surface area contributed by atoms with E-state index >= 15 is 0 Å². The molecule has 196 valence electrons. The van der Waals surface area contributed by atoms with E-state index in [4.69, 9.17) is 28.7 Å². The number of rotatable bonds is 9. The number of ketones is 1. The molecule has 8 nitrogen and oxygen atoms in total. The van der Waals surface area contributed by atoms with Gasteiger partial charge in [-0.25, -0.2) is 0 Å². The molecule has 1 unspecified atom stereocenters. The number of para-hydroxylation sites is 1. The molecule has 8 heteroatoms. The Morgan fingerprint density at radius 3 is 2.35 bits per heavy atom. The van der Waals surface area contributed by atoms with Crippen LogP contribution in [0.5, 0.6) is 17.2 Å². The Morgan fingerprint density at radius 2 is 1.65 bits per heavy atom. The van der Waals surface area contributed by atoms with E-state index in [0.717, 1.165) is 11.1 Å². The van der Waals surface area contributed by atoms with Crippen LogP contribution in [0, 0.1) is 5.92 Å². The van der Waals surface area contributed by atoms with Crippen LogP contribution in [0.15, 0.2) is 58.7 Å². The van der Waals surface area contributed by atoms with Crippen molar-refractivity contribution >= 4 is 17.5 Å². The molecule has 0 fully saturated rings. The van der Waals surface area contributed by atoms with Crippen molar-refractivity contribution in [1.29, 1.82) is 0 Å². The number of methoxy groups -OCH3 is 4. The highest BCUT2D eigenvalue weighted by Gasteiger charge is 2.45. The Labute approximate surface area is 217 Å². The summed E-state index contributed by atoms with van der Waals surface area (Å²) in [6.07, 6.45) is 0.852. The molecule has 0 aromatic heterocycles. The van der Waals surface area contributed by atoms with Crippen molar-refractivity contribution in [3.8, 4) is 17.2 Å². The van der Waals surface area contributed by atoms with Gasteiger partial charge < -0.3 is 23.7 Å². The first-order chi connectivity index (χ1) is 17.9. The van der Waals surface area contributed by atoms with E-state index in [1.165, 1.54) is 0 Å². The number of Topliss-reactive ketones (excluding diaryl/α,β-unsaturated/α-hetero) is 1. The lowest BCUT2D eigenvalue weighted by molar-refractivity contribution is -0.147. The second kappa shape index (κ2) is 11.6. The van der Waals surface area contributed by atoms with Gasteiger partial charge in [0.1, 0.15) is 18.3 Å². The van der Waals surface area contributed by atoms with Crippen LogP contribution in [0.4, 0.5) is 0 Å². The van der Waals surface area contributed by atoms with Crippen molar-refractivity contribution in [1.82, 2.24) is 0 Å². The third-order valence-corrected chi connectivity index (χ3v) is 7.03. The molecule has 0 saturated carbocycles. The number of esters is 1. The van der Waals surface area contributed by atoms with Gasteiger partial charge in [0.15, 0.2) is 17.3 Å². The molecule has 2 aromatic carbocycles. The molecule has 2 aliphatic rings. The zero-order chi connectivity index (χ0) is 26.5. The monoisotopic (exact) mass is 507 g/mol. The number of nitrogens with zero attached hydrogens (tertiary/aromatic N) is 1. The highest BCUT2D eigenvalue weighted by molar-refractivity contribution is 6.09. The molecule has 1 heterocycles. The Hall–Kier alpha value is -3.65. The van der Waals surface area contributed by atoms with E-state index in [-0.39, 0.29) is 24.9 Å². The largest absolute Gasteiger partial charge is 0.496 e. The number of hydrogen-bond acceptors (Lipinski definition) is 8. The van der Waals surface area contributed by atoms with E-state index < -0.39 is 17.8 Å². The standard InChI is InChI=1S/C29H33NO7/c1-17-26(29(32)37-13-12-33-2)27(20-8-6-7-9-23(20)34-3)28-21(30-17)14-19(15-22(28)31)18-10-11-24(35-4)25(16-18)36-5/h6-11,16,19,26-27H,12-15H2,1-5H3/t19-,26?,27-/m1/s1. The Morgan fingerprint density at radius 1 is 0.919 bits per heavy atom. The average molecular weight is 508 g/mol. The van der Waals surface area contributed by atoms with E-state index in [2.05, 4.69) is 0 Å². The summed E-state index contributed by atoms with van der Waals surface area (Å²) >= 11 is 0. The lowest BCUT2D eigenvalue weighted by atomic mass is 9.69. The molecule has 2 aromatic rings. The Balaban J connectivity index is 1.77. The van der Waals surface area contributed by atoms with Crippen LogP contribution in [-0.2, 0) is 19.1 Å². The van der Waals surface area contributed by atoms with Crippen LogP contribution in [-0.4, -0.2) is 59.1 Å². The lowest BCUT2D eigenvalue weighted by Gasteiger charge is -2.37. The Kier molecular flexibility index (Phi) is 8.28. The molecule has 0 spiro atoms. The van der Waals surface area contributed by atoms with Crippen LogP contribution in [0.2, 0.25) is 0 Å². The van der Waals surface area contributed by atoms with Gasteiger partial charge in [-0.1, -0.05) is 24.3 Å². The first kappa shape index (κ1) is 26.4. The third-order valence-electron chi connectivity index (χ3n) is 7.03. The lowest BCUT2D eigenvalue weighted by Crippen LogP contribution is -2.38. The normalized spacial score (nSPS) is 21.2. The number of carbonyl (C=O) groups excluding carboxylic acids is 2.